The van der Waals surface area contributed by atoms with Gasteiger partial charge in [-0.3, -0.25) is 0 Å². The van der Waals surface area contributed by atoms with Gasteiger partial charge in [0.25, 0.3) is 0 Å². The molecule has 4 heteroatoms. The topological polar surface area (TPSA) is 21.3 Å². The van der Waals surface area contributed by atoms with Gasteiger partial charge in [0.15, 0.2) is 0 Å². The van der Waals surface area contributed by atoms with Gasteiger partial charge in [0.2, 0.25) is 0 Å². The number of benzene rings is 1. The van der Waals surface area contributed by atoms with E-state index in [1.54, 1.807) is 6.07 Å². The van der Waals surface area contributed by atoms with Crippen LogP contribution in [0.3, 0.4) is 0 Å². The Labute approximate surface area is 96.9 Å². The number of anilines is 1. The Hall–Kier alpha value is -0.610. The smallest absolute Gasteiger partial charge is 0.147 e. The summed E-state index contributed by atoms with van der Waals surface area (Å²) < 4.78 is 19.6. The Morgan fingerprint density at radius 2 is 2.33 bits per heavy atom. The van der Waals surface area contributed by atoms with Crippen molar-refractivity contribution in [3.63, 3.8) is 0 Å². The monoisotopic (exact) mass is 273 g/mol. The second-order valence-electron chi connectivity index (χ2n) is 3.68. The van der Waals surface area contributed by atoms with E-state index in [2.05, 4.69) is 21.2 Å². The van der Waals surface area contributed by atoms with Crippen LogP contribution in [0.15, 0.2) is 22.7 Å². The predicted molar refractivity (Wildman–Crippen MR) is 61.6 cm³/mol. The summed E-state index contributed by atoms with van der Waals surface area (Å²) in [5, 5.41) is 3.16. The van der Waals surface area contributed by atoms with Gasteiger partial charge in [-0.15, -0.1) is 0 Å². The van der Waals surface area contributed by atoms with E-state index < -0.39 is 0 Å². The van der Waals surface area contributed by atoms with Crippen LogP contribution >= 0.6 is 15.9 Å². The highest BCUT2D eigenvalue weighted by molar-refractivity contribution is 9.10. The van der Waals surface area contributed by atoms with E-state index >= 15 is 0 Å². The molecule has 1 unspecified atom stereocenters. The zero-order valence-electron chi connectivity index (χ0n) is 8.30. The summed E-state index contributed by atoms with van der Waals surface area (Å²) in [6.45, 7) is 1.48. The summed E-state index contributed by atoms with van der Waals surface area (Å²) in [5.41, 5.74) is 0.550. The average molecular weight is 274 g/mol. The van der Waals surface area contributed by atoms with Gasteiger partial charge in [-0.1, -0.05) is 15.9 Å². The largest absolute Gasteiger partial charge is 0.379 e. The first-order chi connectivity index (χ1) is 7.25. The summed E-state index contributed by atoms with van der Waals surface area (Å²) >= 11 is 3.23. The molecule has 2 rings (SSSR count). The first kappa shape index (κ1) is 10.9. The molecular weight excluding hydrogens is 261 g/mol. The van der Waals surface area contributed by atoms with Crippen molar-refractivity contribution in [3.8, 4) is 0 Å². The molecule has 0 aliphatic carbocycles. The van der Waals surface area contributed by atoms with Crippen molar-refractivity contribution in [3.05, 3.63) is 28.5 Å². The van der Waals surface area contributed by atoms with Gasteiger partial charge in [0.05, 0.1) is 12.3 Å². The van der Waals surface area contributed by atoms with Crippen molar-refractivity contribution in [2.45, 2.75) is 18.9 Å². The summed E-state index contributed by atoms with van der Waals surface area (Å²) in [4.78, 5) is 0. The number of nitrogens with one attached hydrogen (secondary N) is 1. The zero-order chi connectivity index (χ0) is 10.7. The molecule has 1 heterocycles. The minimum absolute atomic E-state index is 0.227. The molecule has 0 aromatic heterocycles. The van der Waals surface area contributed by atoms with Crippen LogP contribution < -0.4 is 5.32 Å². The third-order valence-electron chi connectivity index (χ3n) is 2.45. The average Bonchev–Trinajstić information content (AvgIpc) is 2.24. The van der Waals surface area contributed by atoms with Gasteiger partial charge >= 0.3 is 0 Å². The van der Waals surface area contributed by atoms with Crippen molar-refractivity contribution in [2.24, 2.45) is 0 Å². The Morgan fingerprint density at radius 1 is 1.47 bits per heavy atom. The molecule has 1 saturated heterocycles. The number of halogens is 2. The molecule has 1 atom stereocenters. The van der Waals surface area contributed by atoms with Gasteiger partial charge in [0.1, 0.15) is 5.82 Å². The minimum Gasteiger partial charge on any atom is -0.379 e. The molecule has 0 amide bonds. The third kappa shape index (κ3) is 2.92. The van der Waals surface area contributed by atoms with Gasteiger partial charge in [-0.2, -0.15) is 0 Å². The highest BCUT2D eigenvalue weighted by atomic mass is 79.9. The number of hydrogen-bond acceptors (Lipinski definition) is 2. The van der Waals surface area contributed by atoms with Crippen LogP contribution in [0.25, 0.3) is 0 Å². The lowest BCUT2D eigenvalue weighted by atomic mass is 10.1. The number of ether oxygens (including phenoxy) is 1. The Morgan fingerprint density at radius 3 is 3.00 bits per heavy atom. The maximum atomic E-state index is 13.5. The van der Waals surface area contributed by atoms with Crippen LogP contribution in [0.4, 0.5) is 10.1 Å². The SMILES string of the molecule is Fc1cc(Br)ccc1NC1CCCOC1. The van der Waals surface area contributed by atoms with Gasteiger partial charge in [-0.05, 0) is 31.0 Å². The van der Waals surface area contributed by atoms with Gasteiger partial charge in [-0.25, -0.2) is 4.39 Å². The summed E-state index contributed by atoms with van der Waals surface area (Å²) in [7, 11) is 0. The molecule has 0 bridgehead atoms. The zero-order valence-corrected chi connectivity index (χ0v) is 9.89. The molecule has 0 saturated carbocycles. The predicted octanol–water partition coefficient (Wildman–Crippen LogP) is 3.18. The van der Waals surface area contributed by atoms with Crippen molar-refractivity contribution in [1.82, 2.24) is 0 Å². The Kier molecular flexibility index (Phi) is 3.59. The van der Waals surface area contributed by atoms with Crippen LogP contribution in [0.1, 0.15) is 12.8 Å². The molecule has 0 spiro atoms. The summed E-state index contributed by atoms with van der Waals surface area (Å²) in [6.07, 6.45) is 2.07. The molecular formula is C11H13BrFNO. The third-order valence-corrected chi connectivity index (χ3v) is 2.94. The van der Waals surface area contributed by atoms with E-state index in [1.807, 2.05) is 6.07 Å². The summed E-state index contributed by atoms with van der Waals surface area (Å²) in [6, 6.07) is 5.27. The normalized spacial score (nSPS) is 21.3. The molecule has 1 aromatic carbocycles. The minimum atomic E-state index is -0.227. The van der Waals surface area contributed by atoms with Crippen molar-refractivity contribution >= 4 is 21.6 Å². The van der Waals surface area contributed by atoms with Gasteiger partial charge in [0, 0.05) is 17.1 Å². The maximum absolute atomic E-state index is 13.5. The molecule has 0 radical (unpaired) electrons. The molecule has 1 N–H and O–H groups in total. The van der Waals surface area contributed by atoms with Crippen LogP contribution in [0, 0.1) is 5.82 Å². The number of hydrogen-bond donors (Lipinski definition) is 1. The lowest BCUT2D eigenvalue weighted by Crippen LogP contribution is -2.30. The van der Waals surface area contributed by atoms with Crippen molar-refractivity contribution < 1.29 is 9.13 Å². The fourth-order valence-electron chi connectivity index (χ4n) is 1.68. The fraction of sp³-hybridized carbons (Fsp3) is 0.455. The molecule has 15 heavy (non-hydrogen) atoms. The van der Waals surface area contributed by atoms with E-state index in [4.69, 9.17) is 4.74 Å². The quantitative estimate of drug-likeness (QED) is 0.894. The van der Waals surface area contributed by atoms with Gasteiger partial charge < -0.3 is 10.1 Å². The van der Waals surface area contributed by atoms with Crippen molar-refractivity contribution in [2.75, 3.05) is 18.5 Å². The maximum Gasteiger partial charge on any atom is 0.147 e. The second-order valence-corrected chi connectivity index (χ2v) is 4.60. The summed E-state index contributed by atoms with van der Waals surface area (Å²) in [5.74, 6) is -0.227. The van der Waals surface area contributed by atoms with E-state index in [1.165, 1.54) is 6.07 Å². The van der Waals surface area contributed by atoms with Crippen molar-refractivity contribution in [1.29, 1.82) is 0 Å². The molecule has 1 fully saturated rings. The molecule has 1 aliphatic heterocycles. The Bertz CT molecular complexity index is 339. The lowest BCUT2D eigenvalue weighted by Gasteiger charge is -2.24. The van der Waals surface area contributed by atoms with Crippen LogP contribution in [-0.4, -0.2) is 19.3 Å². The van der Waals surface area contributed by atoms with Crippen LogP contribution in [0.5, 0.6) is 0 Å². The lowest BCUT2D eigenvalue weighted by molar-refractivity contribution is 0.0875. The highest BCUT2D eigenvalue weighted by Gasteiger charge is 2.14. The standard InChI is InChI=1S/C11H13BrFNO/c12-8-3-4-11(10(13)6-8)14-9-2-1-5-15-7-9/h3-4,6,9,14H,1-2,5,7H2. The molecule has 1 aliphatic rings. The first-order valence-corrected chi connectivity index (χ1v) is 5.84. The molecule has 1 aromatic rings. The molecule has 2 nitrogen and oxygen atoms in total. The number of rotatable bonds is 2. The first-order valence-electron chi connectivity index (χ1n) is 5.05. The molecule has 82 valence electrons. The van der Waals surface area contributed by atoms with E-state index in [0.717, 1.165) is 23.9 Å². The van der Waals surface area contributed by atoms with E-state index in [0.29, 0.717) is 12.3 Å². The Balaban J connectivity index is 2.03. The van der Waals surface area contributed by atoms with Crippen LogP contribution in [0.2, 0.25) is 0 Å². The highest BCUT2D eigenvalue weighted by Crippen LogP contribution is 2.21. The van der Waals surface area contributed by atoms with Crippen LogP contribution in [-0.2, 0) is 4.74 Å². The van der Waals surface area contributed by atoms with E-state index in [-0.39, 0.29) is 11.9 Å². The van der Waals surface area contributed by atoms with E-state index in [9.17, 15) is 4.39 Å². The fourth-order valence-corrected chi connectivity index (χ4v) is 2.01. The second kappa shape index (κ2) is 4.94.